The molecule has 1 N–H and O–H groups in total. The van der Waals surface area contributed by atoms with Gasteiger partial charge in [0.15, 0.2) is 0 Å². The van der Waals surface area contributed by atoms with E-state index in [0.717, 1.165) is 24.2 Å². The van der Waals surface area contributed by atoms with Crippen LogP contribution in [-0.4, -0.2) is 68.5 Å². The third kappa shape index (κ3) is 4.65. The van der Waals surface area contributed by atoms with Gasteiger partial charge in [-0.15, -0.1) is 0 Å². The number of nitrogens with zero attached hydrogens (tertiary/aromatic N) is 2. The molecule has 0 radical (unpaired) electrons. The Balaban J connectivity index is 1.69. The van der Waals surface area contributed by atoms with Crippen LogP contribution in [0.3, 0.4) is 0 Å². The molecule has 0 saturated carbocycles. The van der Waals surface area contributed by atoms with Crippen molar-refractivity contribution in [1.82, 2.24) is 15.1 Å². The largest absolute Gasteiger partial charge is 0.496 e. The number of hydrogen-bond donors (Lipinski definition) is 1. The number of carbonyl (C=O) groups excluding carboxylic acids is 2. The smallest absolute Gasteiger partial charge is 0.255 e. The molecule has 0 bridgehead atoms. The van der Waals surface area contributed by atoms with E-state index in [9.17, 15) is 9.59 Å². The maximum absolute atomic E-state index is 12.7. The molecule has 1 heterocycles. The first-order chi connectivity index (χ1) is 13.1. The van der Waals surface area contributed by atoms with Crippen LogP contribution in [-0.2, 0) is 4.79 Å². The van der Waals surface area contributed by atoms with Gasteiger partial charge < -0.3 is 19.9 Å². The molecule has 0 spiro atoms. The molecule has 0 aliphatic carbocycles. The van der Waals surface area contributed by atoms with E-state index in [4.69, 9.17) is 4.74 Å². The Bertz CT molecular complexity index is 800. The van der Waals surface area contributed by atoms with Crippen molar-refractivity contribution in [3.63, 3.8) is 0 Å². The van der Waals surface area contributed by atoms with Gasteiger partial charge in [-0.3, -0.25) is 9.59 Å². The van der Waals surface area contributed by atoms with Crippen molar-refractivity contribution in [3.8, 4) is 16.9 Å². The lowest BCUT2D eigenvalue weighted by atomic mass is 10.0. The predicted molar refractivity (Wildman–Crippen MR) is 105 cm³/mol. The molecule has 2 aromatic carbocycles. The van der Waals surface area contributed by atoms with Gasteiger partial charge in [0.1, 0.15) is 5.75 Å². The third-order valence-electron chi connectivity index (χ3n) is 4.81. The first-order valence-corrected chi connectivity index (χ1v) is 9.06. The molecule has 27 heavy (non-hydrogen) atoms. The minimum atomic E-state index is -0.313. The molecule has 1 aliphatic heterocycles. The first-order valence-electron chi connectivity index (χ1n) is 9.06. The lowest BCUT2D eigenvalue weighted by Gasteiger charge is -2.32. The Morgan fingerprint density at radius 2 is 1.70 bits per heavy atom. The van der Waals surface area contributed by atoms with Crippen LogP contribution < -0.4 is 10.1 Å². The molecule has 0 atom stereocenters. The maximum atomic E-state index is 12.7. The van der Waals surface area contributed by atoms with Crippen LogP contribution in [0.25, 0.3) is 11.1 Å². The highest BCUT2D eigenvalue weighted by Gasteiger charge is 2.20. The summed E-state index contributed by atoms with van der Waals surface area (Å²) in [7, 11) is 3.57. The second-order valence-corrected chi connectivity index (χ2v) is 6.65. The van der Waals surface area contributed by atoms with E-state index in [-0.39, 0.29) is 18.4 Å². The SMILES string of the molecule is COc1ccc(-c2ccccc2)cc1C(=O)NCC(=O)N1CCN(C)CC1. The zero-order chi connectivity index (χ0) is 19.2. The Morgan fingerprint density at radius 3 is 2.37 bits per heavy atom. The highest BCUT2D eigenvalue weighted by atomic mass is 16.5. The fourth-order valence-electron chi connectivity index (χ4n) is 3.11. The average Bonchev–Trinajstić information content (AvgIpc) is 2.72. The van der Waals surface area contributed by atoms with Crippen LogP contribution in [0.15, 0.2) is 48.5 Å². The van der Waals surface area contributed by atoms with Crippen LogP contribution in [0.1, 0.15) is 10.4 Å². The molecule has 6 heteroatoms. The summed E-state index contributed by atoms with van der Waals surface area (Å²) in [5.74, 6) is 0.112. The second kappa shape index (κ2) is 8.68. The van der Waals surface area contributed by atoms with Gasteiger partial charge >= 0.3 is 0 Å². The zero-order valence-electron chi connectivity index (χ0n) is 15.8. The molecule has 1 fully saturated rings. The summed E-state index contributed by atoms with van der Waals surface area (Å²) in [5.41, 5.74) is 2.36. The molecule has 1 saturated heterocycles. The number of rotatable bonds is 5. The van der Waals surface area contributed by atoms with Gasteiger partial charge in [0.05, 0.1) is 19.2 Å². The van der Waals surface area contributed by atoms with Crippen molar-refractivity contribution in [3.05, 3.63) is 54.1 Å². The number of likely N-dealkylation sites (N-methyl/N-ethyl adjacent to an activating group) is 1. The van der Waals surface area contributed by atoms with Crippen molar-refractivity contribution >= 4 is 11.8 Å². The lowest BCUT2D eigenvalue weighted by Crippen LogP contribution is -2.50. The highest BCUT2D eigenvalue weighted by molar-refractivity contribution is 6.00. The van der Waals surface area contributed by atoms with Crippen LogP contribution >= 0.6 is 0 Å². The molecule has 142 valence electrons. The monoisotopic (exact) mass is 367 g/mol. The van der Waals surface area contributed by atoms with E-state index in [1.165, 1.54) is 7.11 Å². The maximum Gasteiger partial charge on any atom is 0.255 e. The van der Waals surface area contributed by atoms with Gasteiger partial charge in [-0.1, -0.05) is 36.4 Å². The van der Waals surface area contributed by atoms with E-state index < -0.39 is 0 Å². The number of hydrogen-bond acceptors (Lipinski definition) is 4. The minimum Gasteiger partial charge on any atom is -0.496 e. The number of nitrogens with one attached hydrogen (secondary N) is 1. The van der Waals surface area contributed by atoms with E-state index in [1.54, 1.807) is 17.0 Å². The Labute approximate surface area is 159 Å². The normalized spacial score (nSPS) is 14.7. The second-order valence-electron chi connectivity index (χ2n) is 6.65. The molecule has 2 amide bonds. The predicted octanol–water partition coefficient (Wildman–Crippen LogP) is 1.87. The van der Waals surface area contributed by atoms with Crippen molar-refractivity contribution < 1.29 is 14.3 Å². The van der Waals surface area contributed by atoms with Gasteiger partial charge in [-0.25, -0.2) is 0 Å². The van der Waals surface area contributed by atoms with Gasteiger partial charge in [0.2, 0.25) is 5.91 Å². The Morgan fingerprint density at radius 1 is 1.00 bits per heavy atom. The van der Waals surface area contributed by atoms with Crippen molar-refractivity contribution in [2.75, 3.05) is 46.9 Å². The molecule has 0 aromatic heterocycles. The standard InChI is InChI=1S/C21H25N3O3/c1-23-10-12-24(13-11-23)20(25)15-22-21(26)18-14-17(8-9-19(18)27-2)16-6-4-3-5-7-16/h3-9,14H,10-13,15H2,1-2H3,(H,22,26). The molecular formula is C21H25N3O3. The van der Waals surface area contributed by atoms with Gasteiger partial charge in [-0.2, -0.15) is 0 Å². The van der Waals surface area contributed by atoms with Crippen LogP contribution in [0.5, 0.6) is 5.75 Å². The fourth-order valence-corrected chi connectivity index (χ4v) is 3.11. The van der Waals surface area contributed by atoms with Crippen LogP contribution in [0, 0.1) is 0 Å². The number of carbonyl (C=O) groups is 2. The van der Waals surface area contributed by atoms with Gasteiger partial charge in [0, 0.05) is 26.2 Å². The van der Waals surface area contributed by atoms with Crippen LogP contribution in [0.2, 0.25) is 0 Å². The van der Waals surface area contributed by atoms with E-state index in [2.05, 4.69) is 10.2 Å². The van der Waals surface area contributed by atoms with E-state index >= 15 is 0 Å². The topological polar surface area (TPSA) is 61.9 Å². The number of methoxy groups -OCH3 is 1. The molecule has 1 aliphatic rings. The third-order valence-corrected chi connectivity index (χ3v) is 4.81. The summed E-state index contributed by atoms with van der Waals surface area (Å²) in [6, 6.07) is 15.3. The van der Waals surface area contributed by atoms with Crippen LogP contribution in [0.4, 0.5) is 0 Å². The van der Waals surface area contributed by atoms with Gasteiger partial charge in [0.25, 0.3) is 5.91 Å². The zero-order valence-corrected chi connectivity index (χ0v) is 15.8. The lowest BCUT2D eigenvalue weighted by molar-refractivity contribution is -0.131. The number of ether oxygens (including phenoxy) is 1. The average molecular weight is 367 g/mol. The summed E-state index contributed by atoms with van der Waals surface area (Å²) in [5, 5.41) is 2.74. The Hall–Kier alpha value is -2.86. The fraction of sp³-hybridized carbons (Fsp3) is 0.333. The number of benzene rings is 2. The number of amides is 2. The first kappa shape index (κ1) is 18.9. The summed E-state index contributed by atoms with van der Waals surface area (Å²) in [6.45, 7) is 3.08. The highest BCUT2D eigenvalue weighted by Crippen LogP contribution is 2.26. The van der Waals surface area contributed by atoms with Crippen molar-refractivity contribution in [2.45, 2.75) is 0 Å². The summed E-state index contributed by atoms with van der Waals surface area (Å²) >= 11 is 0. The summed E-state index contributed by atoms with van der Waals surface area (Å²) < 4.78 is 5.33. The molecule has 3 rings (SSSR count). The minimum absolute atomic E-state index is 0.0126. The van der Waals surface area contributed by atoms with E-state index in [0.29, 0.717) is 24.4 Å². The molecule has 6 nitrogen and oxygen atoms in total. The molecule has 2 aromatic rings. The quantitative estimate of drug-likeness (QED) is 0.876. The van der Waals surface area contributed by atoms with E-state index in [1.807, 2.05) is 43.4 Å². The molecule has 0 unspecified atom stereocenters. The number of piperazine rings is 1. The molecular weight excluding hydrogens is 342 g/mol. The van der Waals surface area contributed by atoms with Crippen molar-refractivity contribution in [2.24, 2.45) is 0 Å². The Kier molecular flexibility index (Phi) is 6.08. The summed E-state index contributed by atoms with van der Waals surface area (Å²) in [6.07, 6.45) is 0. The summed E-state index contributed by atoms with van der Waals surface area (Å²) in [4.78, 5) is 29.0. The van der Waals surface area contributed by atoms with Gasteiger partial charge in [-0.05, 0) is 30.3 Å². The van der Waals surface area contributed by atoms with Crippen molar-refractivity contribution in [1.29, 1.82) is 0 Å².